The molecule has 1 aliphatic carbocycles. The Morgan fingerprint density at radius 1 is 1.36 bits per heavy atom. The molecule has 1 saturated carbocycles. The van der Waals surface area contributed by atoms with E-state index in [9.17, 15) is 19.2 Å². The first-order valence-corrected chi connectivity index (χ1v) is 9.06. The fraction of sp³-hybridized carbons (Fsp3) is 0.500. The summed E-state index contributed by atoms with van der Waals surface area (Å²) in [5.41, 5.74) is -1.18. The Kier molecular flexibility index (Phi) is 4.76. The monoisotopic (exact) mass is 364 g/mol. The molecule has 134 valence electrons. The first-order valence-electron chi connectivity index (χ1n) is 8.18. The minimum atomic E-state index is -1.18. The number of hydrogen-bond donors (Lipinski definition) is 3. The predicted octanol–water partition coefficient (Wildman–Crippen LogP) is 1.28. The Hall–Kier alpha value is -2.42. The van der Waals surface area contributed by atoms with Crippen molar-refractivity contribution in [3.05, 3.63) is 22.4 Å². The topological polar surface area (TPSA) is 108 Å². The third kappa shape index (κ3) is 3.51. The number of urea groups is 2. The summed E-state index contributed by atoms with van der Waals surface area (Å²) in [6, 6.07) is 2.37. The van der Waals surface area contributed by atoms with Gasteiger partial charge >= 0.3 is 12.1 Å². The quantitative estimate of drug-likeness (QED) is 0.700. The zero-order chi connectivity index (χ0) is 18.0. The van der Waals surface area contributed by atoms with Crippen LogP contribution in [0.4, 0.5) is 9.59 Å². The highest BCUT2D eigenvalue weighted by molar-refractivity contribution is 7.10. The van der Waals surface area contributed by atoms with Crippen molar-refractivity contribution in [2.75, 3.05) is 6.54 Å². The van der Waals surface area contributed by atoms with Gasteiger partial charge in [0.05, 0.1) is 0 Å². The van der Waals surface area contributed by atoms with E-state index >= 15 is 0 Å². The molecule has 6 amide bonds. The SMILES string of the molecule is C[C@]1(c2cccs2)NC(=O)N(CC(=O)NC(=O)NC2CCCC2)C1=O. The largest absolute Gasteiger partial charge is 0.335 e. The van der Waals surface area contributed by atoms with Gasteiger partial charge in [-0.05, 0) is 31.2 Å². The standard InChI is InChI=1S/C16H20N4O4S/c1-16(11-7-4-8-25-11)13(22)20(15(24)19-16)9-12(21)18-14(23)17-10-5-2-3-6-10/h4,7-8,10H,2-3,5-6,9H2,1H3,(H,19,24)(H2,17,18,21,23)/t16-/m1/s1. The molecule has 2 heterocycles. The zero-order valence-electron chi connectivity index (χ0n) is 13.8. The van der Waals surface area contributed by atoms with Crippen molar-refractivity contribution in [1.29, 1.82) is 0 Å². The highest BCUT2D eigenvalue weighted by atomic mass is 32.1. The lowest BCUT2D eigenvalue weighted by atomic mass is 10.0. The average Bonchev–Trinajstić information content (AvgIpc) is 3.27. The molecule has 2 aliphatic rings. The van der Waals surface area contributed by atoms with Crippen LogP contribution in [0.2, 0.25) is 0 Å². The molecule has 0 aromatic carbocycles. The van der Waals surface area contributed by atoms with Gasteiger partial charge in [0.25, 0.3) is 5.91 Å². The summed E-state index contributed by atoms with van der Waals surface area (Å²) < 4.78 is 0. The van der Waals surface area contributed by atoms with Crippen LogP contribution in [0.25, 0.3) is 0 Å². The summed E-state index contributed by atoms with van der Waals surface area (Å²) in [4.78, 5) is 50.1. The molecule has 1 saturated heterocycles. The van der Waals surface area contributed by atoms with Crippen LogP contribution in [-0.4, -0.2) is 41.4 Å². The zero-order valence-corrected chi connectivity index (χ0v) is 14.6. The molecular formula is C16H20N4O4S. The predicted molar refractivity (Wildman–Crippen MR) is 90.8 cm³/mol. The van der Waals surface area contributed by atoms with Crippen LogP contribution >= 0.6 is 11.3 Å². The van der Waals surface area contributed by atoms with Gasteiger partial charge in [-0.15, -0.1) is 11.3 Å². The summed E-state index contributed by atoms with van der Waals surface area (Å²) in [5.74, 6) is -1.21. The fourth-order valence-corrected chi connectivity index (χ4v) is 4.01. The summed E-state index contributed by atoms with van der Waals surface area (Å²) in [6.07, 6.45) is 3.91. The van der Waals surface area contributed by atoms with Crippen LogP contribution in [0.3, 0.4) is 0 Å². The van der Waals surface area contributed by atoms with E-state index < -0.39 is 36.0 Å². The van der Waals surface area contributed by atoms with Gasteiger partial charge < -0.3 is 10.6 Å². The summed E-state index contributed by atoms with van der Waals surface area (Å²) in [6.45, 7) is 1.10. The number of thiophene rings is 1. The Labute approximate surface area is 148 Å². The molecule has 0 spiro atoms. The number of imide groups is 2. The molecule has 0 bridgehead atoms. The molecule has 0 radical (unpaired) electrons. The fourth-order valence-electron chi connectivity index (χ4n) is 3.17. The van der Waals surface area contributed by atoms with Crippen LogP contribution in [0.1, 0.15) is 37.5 Å². The number of rotatable bonds is 4. The smallest absolute Gasteiger partial charge is 0.325 e. The van der Waals surface area contributed by atoms with Gasteiger partial charge in [0, 0.05) is 10.9 Å². The molecule has 1 aliphatic heterocycles. The van der Waals surface area contributed by atoms with Crippen LogP contribution in [0.15, 0.2) is 17.5 Å². The molecule has 1 aromatic heterocycles. The number of nitrogens with zero attached hydrogens (tertiary/aromatic N) is 1. The lowest BCUT2D eigenvalue weighted by molar-refractivity contribution is -0.134. The molecule has 8 nitrogen and oxygen atoms in total. The van der Waals surface area contributed by atoms with Gasteiger partial charge in [-0.25, -0.2) is 9.59 Å². The number of nitrogens with one attached hydrogen (secondary N) is 3. The Morgan fingerprint density at radius 3 is 2.72 bits per heavy atom. The first kappa shape index (κ1) is 17.4. The van der Waals surface area contributed by atoms with E-state index in [2.05, 4.69) is 16.0 Å². The normalized spacial score (nSPS) is 23.6. The first-order chi connectivity index (χ1) is 11.9. The average molecular weight is 364 g/mol. The van der Waals surface area contributed by atoms with Gasteiger partial charge in [0.1, 0.15) is 6.54 Å². The molecule has 0 unspecified atom stereocenters. The van der Waals surface area contributed by atoms with Crippen molar-refractivity contribution < 1.29 is 19.2 Å². The van der Waals surface area contributed by atoms with E-state index in [1.54, 1.807) is 19.1 Å². The lowest BCUT2D eigenvalue weighted by Gasteiger charge is -2.20. The second-order valence-electron chi connectivity index (χ2n) is 6.43. The van der Waals surface area contributed by atoms with Gasteiger partial charge in [-0.2, -0.15) is 0 Å². The van der Waals surface area contributed by atoms with Crippen LogP contribution in [-0.2, 0) is 15.1 Å². The maximum atomic E-state index is 12.6. The maximum Gasteiger partial charge on any atom is 0.325 e. The molecule has 25 heavy (non-hydrogen) atoms. The van der Waals surface area contributed by atoms with Crippen LogP contribution in [0, 0.1) is 0 Å². The van der Waals surface area contributed by atoms with E-state index in [1.165, 1.54) is 11.3 Å². The van der Waals surface area contributed by atoms with Crippen LogP contribution in [0.5, 0.6) is 0 Å². The minimum absolute atomic E-state index is 0.0756. The van der Waals surface area contributed by atoms with E-state index in [1.807, 2.05) is 5.38 Å². The Morgan fingerprint density at radius 2 is 2.08 bits per heavy atom. The van der Waals surface area contributed by atoms with Crippen molar-refractivity contribution in [1.82, 2.24) is 20.9 Å². The van der Waals surface area contributed by atoms with E-state index in [4.69, 9.17) is 0 Å². The van der Waals surface area contributed by atoms with Crippen molar-refractivity contribution in [3.8, 4) is 0 Å². The van der Waals surface area contributed by atoms with Gasteiger partial charge in [0.2, 0.25) is 5.91 Å². The Balaban J connectivity index is 1.58. The number of carbonyl (C=O) groups excluding carboxylic acids is 4. The minimum Gasteiger partial charge on any atom is -0.335 e. The van der Waals surface area contributed by atoms with Crippen molar-refractivity contribution in [3.63, 3.8) is 0 Å². The van der Waals surface area contributed by atoms with E-state index in [0.29, 0.717) is 4.88 Å². The third-order valence-corrected chi connectivity index (χ3v) is 5.63. The second-order valence-corrected chi connectivity index (χ2v) is 7.37. The number of amides is 6. The molecule has 9 heteroatoms. The van der Waals surface area contributed by atoms with Gasteiger partial charge in [0.15, 0.2) is 5.54 Å². The summed E-state index contributed by atoms with van der Waals surface area (Å²) in [5, 5.41) is 9.32. The third-order valence-electron chi connectivity index (χ3n) is 4.53. The van der Waals surface area contributed by atoms with Crippen molar-refractivity contribution in [2.45, 2.75) is 44.2 Å². The molecule has 1 aromatic rings. The number of hydrogen-bond acceptors (Lipinski definition) is 5. The molecule has 1 atom stereocenters. The van der Waals surface area contributed by atoms with Gasteiger partial charge in [-0.1, -0.05) is 18.9 Å². The molecule has 3 N–H and O–H groups in total. The summed E-state index contributed by atoms with van der Waals surface area (Å²) in [7, 11) is 0. The van der Waals surface area contributed by atoms with E-state index in [0.717, 1.165) is 30.6 Å². The molecule has 2 fully saturated rings. The number of carbonyl (C=O) groups is 4. The van der Waals surface area contributed by atoms with Crippen LogP contribution < -0.4 is 16.0 Å². The molecular weight excluding hydrogens is 344 g/mol. The second kappa shape index (κ2) is 6.83. The highest BCUT2D eigenvalue weighted by Gasteiger charge is 2.50. The Bertz CT molecular complexity index is 699. The van der Waals surface area contributed by atoms with Crippen molar-refractivity contribution in [2.24, 2.45) is 0 Å². The highest BCUT2D eigenvalue weighted by Crippen LogP contribution is 2.31. The van der Waals surface area contributed by atoms with Crippen molar-refractivity contribution >= 4 is 35.2 Å². The van der Waals surface area contributed by atoms with Gasteiger partial charge in [-0.3, -0.25) is 19.8 Å². The summed E-state index contributed by atoms with van der Waals surface area (Å²) >= 11 is 1.35. The molecule has 3 rings (SSSR count). The lowest BCUT2D eigenvalue weighted by Crippen LogP contribution is -2.48. The van der Waals surface area contributed by atoms with E-state index in [-0.39, 0.29) is 6.04 Å². The maximum absolute atomic E-state index is 12.6.